The van der Waals surface area contributed by atoms with Crippen LogP contribution in [0, 0.1) is 0 Å². The number of rotatable bonds is 8. The lowest BCUT2D eigenvalue weighted by atomic mass is 10.1. The molecule has 0 aromatic heterocycles. The van der Waals surface area contributed by atoms with E-state index in [0.717, 1.165) is 60.6 Å². The van der Waals surface area contributed by atoms with Crippen LogP contribution in [-0.4, -0.2) is 43.8 Å². The number of carbonyl (C=O) groups excluding carboxylic acids is 1. The summed E-state index contributed by atoms with van der Waals surface area (Å²) in [6.45, 7) is 2.50. The predicted octanol–water partition coefficient (Wildman–Crippen LogP) is 3.42. The highest BCUT2D eigenvalue weighted by Gasteiger charge is 2.13. The number of ether oxygens (including phenoxy) is 2. The lowest BCUT2D eigenvalue weighted by Crippen LogP contribution is -2.27. The summed E-state index contributed by atoms with van der Waals surface area (Å²) in [7, 11) is 1.64. The van der Waals surface area contributed by atoms with Crippen LogP contribution < -0.4 is 10.1 Å². The molecule has 6 heteroatoms. The Kier molecular flexibility index (Phi) is 8.26. The van der Waals surface area contributed by atoms with Crippen molar-refractivity contribution in [3.8, 4) is 5.75 Å². The number of thioether (sulfide) groups is 1. The number of nitrogens with one attached hydrogen (secondary N) is 1. The van der Waals surface area contributed by atoms with Crippen LogP contribution in [0.1, 0.15) is 24.8 Å². The molecular weight excluding hydrogens is 378 g/mol. The molecule has 1 N–H and O–H groups in total. The van der Waals surface area contributed by atoms with Gasteiger partial charge in [0.25, 0.3) is 0 Å². The van der Waals surface area contributed by atoms with Crippen LogP contribution in [0.4, 0.5) is 0 Å². The van der Waals surface area contributed by atoms with Gasteiger partial charge >= 0.3 is 0 Å². The fourth-order valence-corrected chi connectivity index (χ4v) is 4.14. The summed E-state index contributed by atoms with van der Waals surface area (Å²) in [6, 6.07) is 5.92. The van der Waals surface area contributed by atoms with Crippen molar-refractivity contribution in [2.24, 2.45) is 0 Å². The summed E-state index contributed by atoms with van der Waals surface area (Å²) >= 11 is 5.41. The van der Waals surface area contributed by atoms with Gasteiger partial charge in [-0.2, -0.15) is 11.8 Å². The van der Waals surface area contributed by atoms with Crippen LogP contribution in [0.2, 0.25) is 0 Å². The molecule has 0 aliphatic carbocycles. The standard InChI is InChI=1S/C17H24BrNO3S/c1-21-16-4-2-13(12-15(16)18)3-5-17(20)19-8-11-23-14-6-9-22-10-7-14/h2,4,12,14H,3,5-11H2,1H3,(H,19,20). The van der Waals surface area contributed by atoms with Crippen LogP contribution in [0.25, 0.3) is 0 Å². The maximum Gasteiger partial charge on any atom is 0.220 e. The average Bonchev–Trinajstić information content (AvgIpc) is 2.58. The number of halogens is 1. The zero-order chi connectivity index (χ0) is 16.5. The van der Waals surface area contributed by atoms with Crippen molar-refractivity contribution in [2.75, 3.05) is 32.6 Å². The summed E-state index contributed by atoms with van der Waals surface area (Å²) in [5.74, 6) is 1.90. The van der Waals surface area contributed by atoms with Crippen LogP contribution >= 0.6 is 27.7 Å². The minimum Gasteiger partial charge on any atom is -0.496 e. The molecule has 4 nitrogen and oxygen atoms in total. The molecule has 0 unspecified atom stereocenters. The fourth-order valence-electron chi connectivity index (χ4n) is 2.47. The van der Waals surface area contributed by atoms with Crippen LogP contribution in [-0.2, 0) is 16.0 Å². The Hall–Kier alpha value is -0.720. The molecule has 0 bridgehead atoms. The third-order valence-corrected chi connectivity index (χ3v) is 5.81. The van der Waals surface area contributed by atoms with Gasteiger partial charge in [0.2, 0.25) is 5.91 Å². The number of benzene rings is 1. The topological polar surface area (TPSA) is 47.6 Å². The number of carbonyl (C=O) groups is 1. The number of aryl methyl sites for hydroxylation is 1. The molecule has 1 amide bonds. The Bertz CT molecular complexity index is 507. The van der Waals surface area contributed by atoms with Gasteiger partial charge in [-0.3, -0.25) is 4.79 Å². The van der Waals surface area contributed by atoms with E-state index in [-0.39, 0.29) is 5.91 Å². The number of hydrogen-bond acceptors (Lipinski definition) is 4. The Morgan fingerprint density at radius 3 is 2.91 bits per heavy atom. The molecule has 1 saturated heterocycles. The fraction of sp³-hybridized carbons (Fsp3) is 0.588. The van der Waals surface area contributed by atoms with E-state index >= 15 is 0 Å². The smallest absolute Gasteiger partial charge is 0.220 e. The van der Waals surface area contributed by atoms with Crippen LogP contribution in [0.5, 0.6) is 5.75 Å². The summed E-state index contributed by atoms with van der Waals surface area (Å²) in [5.41, 5.74) is 1.13. The quantitative estimate of drug-likeness (QED) is 0.677. The minimum absolute atomic E-state index is 0.115. The van der Waals surface area contributed by atoms with Gasteiger partial charge in [-0.05, 0) is 52.9 Å². The molecule has 1 heterocycles. The Morgan fingerprint density at radius 1 is 1.43 bits per heavy atom. The average molecular weight is 402 g/mol. The molecule has 23 heavy (non-hydrogen) atoms. The molecule has 0 atom stereocenters. The zero-order valence-corrected chi connectivity index (χ0v) is 15.9. The van der Waals surface area contributed by atoms with Gasteiger partial charge in [0.15, 0.2) is 0 Å². The largest absolute Gasteiger partial charge is 0.496 e. The lowest BCUT2D eigenvalue weighted by Gasteiger charge is -2.21. The first-order valence-corrected chi connectivity index (χ1v) is 9.81. The normalized spacial score (nSPS) is 15.4. The van der Waals surface area contributed by atoms with Crippen molar-refractivity contribution in [3.05, 3.63) is 28.2 Å². The molecule has 0 saturated carbocycles. The van der Waals surface area contributed by atoms with E-state index in [1.54, 1.807) is 7.11 Å². The third kappa shape index (κ3) is 6.73. The van der Waals surface area contributed by atoms with Crippen molar-refractivity contribution < 1.29 is 14.3 Å². The second kappa shape index (κ2) is 10.2. The highest BCUT2D eigenvalue weighted by Crippen LogP contribution is 2.26. The van der Waals surface area contributed by atoms with E-state index in [2.05, 4.69) is 21.2 Å². The number of methoxy groups -OCH3 is 1. The summed E-state index contributed by atoms with van der Waals surface area (Å²) in [6.07, 6.45) is 3.51. The van der Waals surface area contributed by atoms with Crippen LogP contribution in [0.3, 0.4) is 0 Å². The Balaban J connectivity index is 1.60. The zero-order valence-electron chi connectivity index (χ0n) is 13.5. The highest BCUT2D eigenvalue weighted by atomic mass is 79.9. The number of amides is 1. The molecular formula is C17H24BrNO3S. The number of hydrogen-bond donors (Lipinski definition) is 1. The Morgan fingerprint density at radius 2 is 2.22 bits per heavy atom. The summed E-state index contributed by atoms with van der Waals surface area (Å²) in [5, 5.41) is 3.69. The van der Waals surface area contributed by atoms with Gasteiger partial charge in [-0.1, -0.05) is 6.07 Å². The van der Waals surface area contributed by atoms with Gasteiger partial charge in [-0.25, -0.2) is 0 Å². The maximum absolute atomic E-state index is 11.9. The van der Waals surface area contributed by atoms with E-state index in [1.807, 2.05) is 30.0 Å². The van der Waals surface area contributed by atoms with E-state index in [9.17, 15) is 4.79 Å². The SMILES string of the molecule is COc1ccc(CCC(=O)NCCSC2CCOCC2)cc1Br. The second-order valence-corrected chi connectivity index (χ2v) is 7.76. The van der Waals surface area contributed by atoms with Crippen molar-refractivity contribution in [2.45, 2.75) is 30.9 Å². The molecule has 2 rings (SSSR count). The van der Waals surface area contributed by atoms with E-state index in [0.29, 0.717) is 11.7 Å². The summed E-state index contributed by atoms with van der Waals surface area (Å²) < 4.78 is 11.5. The van der Waals surface area contributed by atoms with Gasteiger partial charge < -0.3 is 14.8 Å². The molecule has 1 aliphatic rings. The minimum atomic E-state index is 0.115. The molecule has 1 aromatic carbocycles. The van der Waals surface area contributed by atoms with E-state index < -0.39 is 0 Å². The van der Waals surface area contributed by atoms with Gasteiger partial charge in [0.1, 0.15) is 5.75 Å². The molecule has 1 fully saturated rings. The van der Waals surface area contributed by atoms with Crippen molar-refractivity contribution in [1.82, 2.24) is 5.32 Å². The summed E-state index contributed by atoms with van der Waals surface area (Å²) in [4.78, 5) is 11.9. The molecule has 1 aromatic rings. The van der Waals surface area contributed by atoms with Gasteiger partial charge in [0, 0.05) is 37.2 Å². The van der Waals surface area contributed by atoms with E-state index in [4.69, 9.17) is 9.47 Å². The van der Waals surface area contributed by atoms with Gasteiger partial charge in [0.05, 0.1) is 11.6 Å². The van der Waals surface area contributed by atoms with Crippen molar-refractivity contribution in [1.29, 1.82) is 0 Å². The predicted molar refractivity (Wildman–Crippen MR) is 98.3 cm³/mol. The first kappa shape index (κ1) is 18.6. The van der Waals surface area contributed by atoms with Crippen molar-refractivity contribution >= 4 is 33.6 Å². The maximum atomic E-state index is 11.9. The highest BCUT2D eigenvalue weighted by molar-refractivity contribution is 9.10. The first-order chi connectivity index (χ1) is 11.2. The molecule has 0 spiro atoms. The second-order valence-electron chi connectivity index (χ2n) is 5.50. The van der Waals surface area contributed by atoms with Crippen molar-refractivity contribution in [3.63, 3.8) is 0 Å². The molecule has 0 radical (unpaired) electrons. The monoisotopic (exact) mass is 401 g/mol. The lowest BCUT2D eigenvalue weighted by molar-refractivity contribution is -0.120. The van der Waals surface area contributed by atoms with Crippen LogP contribution in [0.15, 0.2) is 22.7 Å². The first-order valence-electron chi connectivity index (χ1n) is 7.97. The Labute approximate surface area is 150 Å². The molecule has 1 aliphatic heterocycles. The van der Waals surface area contributed by atoms with Gasteiger partial charge in [-0.15, -0.1) is 0 Å². The van der Waals surface area contributed by atoms with E-state index in [1.165, 1.54) is 0 Å². The molecule has 128 valence electrons. The third-order valence-electron chi connectivity index (χ3n) is 3.80.